The Morgan fingerprint density at radius 2 is 0.931 bits per heavy atom. The van der Waals surface area contributed by atoms with E-state index >= 15 is 0 Å². The normalized spacial score (nSPS) is 24.4. The van der Waals surface area contributed by atoms with Gasteiger partial charge in [0, 0.05) is 0 Å². The molecule has 3 fully saturated rings. The van der Waals surface area contributed by atoms with E-state index in [1.165, 1.54) is 0 Å². The summed E-state index contributed by atoms with van der Waals surface area (Å²) in [5, 5.41) is 0. The Kier molecular flexibility index (Phi) is 7.80. The summed E-state index contributed by atoms with van der Waals surface area (Å²) in [6.45, 7) is 0. The van der Waals surface area contributed by atoms with Crippen molar-refractivity contribution in [3.05, 3.63) is 0 Å². The van der Waals surface area contributed by atoms with Gasteiger partial charge in [-0.15, -0.1) is 0 Å². The number of alkyl halides is 5. The van der Waals surface area contributed by atoms with Gasteiger partial charge in [-0.05, 0) is 0 Å². The second-order valence-corrected chi connectivity index (χ2v) is 21.8. The maximum atomic E-state index is 14.0. The molecular formula is C21H33F5O2Sn. The zero-order valence-electron chi connectivity index (χ0n) is 17.0. The molecule has 0 amide bonds. The van der Waals surface area contributed by atoms with Crippen molar-refractivity contribution in [2.24, 2.45) is 0 Å². The van der Waals surface area contributed by atoms with E-state index in [9.17, 15) is 26.7 Å². The molecule has 0 aromatic carbocycles. The molecule has 29 heavy (non-hydrogen) atoms. The summed E-state index contributed by atoms with van der Waals surface area (Å²) in [5.74, 6) is -7.70. The van der Waals surface area contributed by atoms with Crippen LogP contribution in [0, 0.1) is 0 Å². The van der Waals surface area contributed by atoms with Gasteiger partial charge in [0.15, 0.2) is 0 Å². The Balaban J connectivity index is 2.00. The minimum absolute atomic E-state index is 0.0947. The fourth-order valence-electron chi connectivity index (χ4n) is 6.25. The van der Waals surface area contributed by atoms with Crippen LogP contribution in [0.3, 0.4) is 0 Å². The second-order valence-electron chi connectivity index (χ2n) is 9.32. The SMILES string of the molecule is O=C([O][Sn]([CH]1CCCCC1)([CH]1CCCCC1)[CH]1CCCCC1)C(F)(F)C(F)(F)F. The average Bonchev–Trinajstić information content (AvgIpc) is 2.73. The molecule has 0 heterocycles. The molecule has 168 valence electrons. The summed E-state index contributed by atoms with van der Waals surface area (Å²) in [6.07, 6.45) is 8.17. The van der Waals surface area contributed by atoms with E-state index in [-0.39, 0.29) is 11.8 Å². The van der Waals surface area contributed by atoms with Gasteiger partial charge in [-0.1, -0.05) is 0 Å². The molecule has 8 heteroatoms. The predicted molar refractivity (Wildman–Crippen MR) is 103 cm³/mol. The van der Waals surface area contributed by atoms with Crippen molar-refractivity contribution in [3.8, 4) is 0 Å². The van der Waals surface area contributed by atoms with Gasteiger partial charge in [0.2, 0.25) is 0 Å². The summed E-state index contributed by atoms with van der Waals surface area (Å²) in [5.41, 5.74) is 0. The van der Waals surface area contributed by atoms with Crippen LogP contribution in [-0.4, -0.2) is 36.9 Å². The number of halogens is 5. The van der Waals surface area contributed by atoms with E-state index < -0.39 is 36.9 Å². The molecule has 3 aliphatic rings. The van der Waals surface area contributed by atoms with Gasteiger partial charge < -0.3 is 0 Å². The van der Waals surface area contributed by atoms with E-state index in [0.29, 0.717) is 0 Å². The van der Waals surface area contributed by atoms with Crippen molar-refractivity contribution < 1.29 is 29.8 Å². The number of rotatable bonds is 5. The van der Waals surface area contributed by atoms with E-state index in [4.69, 9.17) is 3.07 Å². The maximum absolute atomic E-state index is 14.0. The van der Waals surface area contributed by atoms with E-state index in [1.54, 1.807) is 0 Å². The van der Waals surface area contributed by atoms with Crippen LogP contribution in [0.5, 0.6) is 0 Å². The van der Waals surface area contributed by atoms with Crippen LogP contribution in [0.4, 0.5) is 22.0 Å². The van der Waals surface area contributed by atoms with Crippen LogP contribution in [-0.2, 0) is 7.87 Å². The van der Waals surface area contributed by atoms with Crippen LogP contribution >= 0.6 is 0 Å². The zero-order valence-corrected chi connectivity index (χ0v) is 19.9. The van der Waals surface area contributed by atoms with E-state index in [1.807, 2.05) is 0 Å². The molecule has 0 saturated heterocycles. The molecule has 0 aromatic heterocycles. The Morgan fingerprint density at radius 3 is 1.21 bits per heavy atom. The molecule has 0 atom stereocenters. The van der Waals surface area contributed by atoms with E-state index in [2.05, 4.69) is 0 Å². The van der Waals surface area contributed by atoms with Gasteiger partial charge in [-0.3, -0.25) is 0 Å². The Hall–Kier alpha value is -0.0813. The fourth-order valence-corrected chi connectivity index (χ4v) is 25.9. The molecule has 3 rings (SSSR count). The van der Waals surface area contributed by atoms with Gasteiger partial charge in [0.1, 0.15) is 0 Å². The molecule has 0 aromatic rings. The molecule has 0 bridgehead atoms. The molecule has 0 spiro atoms. The van der Waals surface area contributed by atoms with E-state index in [0.717, 1.165) is 96.3 Å². The van der Waals surface area contributed by atoms with Crippen molar-refractivity contribution >= 4 is 24.8 Å². The molecule has 0 unspecified atom stereocenters. The monoisotopic (exact) mass is 532 g/mol. The van der Waals surface area contributed by atoms with Gasteiger partial charge in [-0.2, -0.15) is 0 Å². The molecule has 3 saturated carbocycles. The average molecular weight is 531 g/mol. The summed E-state index contributed by atoms with van der Waals surface area (Å²) < 4.78 is 72.9. The zero-order chi connectivity index (χ0) is 21.1. The first-order valence-corrected chi connectivity index (χ1v) is 17.5. The number of carbonyl (C=O) groups excluding carboxylic acids is 1. The van der Waals surface area contributed by atoms with Crippen molar-refractivity contribution in [2.75, 3.05) is 0 Å². The van der Waals surface area contributed by atoms with Crippen LogP contribution in [0.1, 0.15) is 96.3 Å². The summed E-state index contributed by atoms with van der Waals surface area (Å²) in [6, 6.07) is 0. The van der Waals surface area contributed by atoms with Crippen LogP contribution < -0.4 is 0 Å². The number of carbonyl (C=O) groups is 1. The van der Waals surface area contributed by atoms with Crippen LogP contribution in [0.2, 0.25) is 11.8 Å². The predicted octanol–water partition coefficient (Wildman–Crippen LogP) is 7.68. The first-order chi connectivity index (χ1) is 13.7. The third kappa shape index (κ3) is 4.89. The molecule has 3 aliphatic carbocycles. The fraction of sp³-hybridized carbons (Fsp3) is 0.952. The standard InChI is InChI=1S/3C6H11.C3HF5O2.Sn/c3*1-2-4-6-5-3-1;4-2(5,1(9)10)3(6,7)8;/h3*1H,2-6H2;(H,9,10);/q;;;;+1/p-1. The van der Waals surface area contributed by atoms with Gasteiger partial charge in [0.05, 0.1) is 0 Å². The topological polar surface area (TPSA) is 26.3 Å². The first-order valence-electron chi connectivity index (χ1n) is 11.4. The van der Waals surface area contributed by atoms with Crippen molar-refractivity contribution in [3.63, 3.8) is 0 Å². The molecular weight excluding hydrogens is 498 g/mol. The molecule has 0 radical (unpaired) electrons. The van der Waals surface area contributed by atoms with Crippen LogP contribution in [0.15, 0.2) is 0 Å². The number of hydrogen-bond acceptors (Lipinski definition) is 2. The number of hydrogen-bond donors (Lipinski definition) is 0. The van der Waals surface area contributed by atoms with Crippen LogP contribution in [0.25, 0.3) is 0 Å². The third-order valence-corrected chi connectivity index (χ3v) is 25.0. The first kappa shape index (κ1) is 23.6. The van der Waals surface area contributed by atoms with Gasteiger partial charge in [-0.25, -0.2) is 0 Å². The molecule has 0 N–H and O–H groups in total. The Morgan fingerprint density at radius 1 is 0.621 bits per heavy atom. The minimum atomic E-state index is -5.90. The van der Waals surface area contributed by atoms with Crippen molar-refractivity contribution in [1.29, 1.82) is 0 Å². The van der Waals surface area contributed by atoms with Gasteiger partial charge in [0.25, 0.3) is 0 Å². The summed E-state index contributed by atoms with van der Waals surface area (Å²) in [4.78, 5) is 12.4. The Labute approximate surface area is 174 Å². The third-order valence-electron chi connectivity index (χ3n) is 7.61. The van der Waals surface area contributed by atoms with Gasteiger partial charge >= 0.3 is 175 Å². The summed E-state index contributed by atoms with van der Waals surface area (Å²) in [7, 11) is 0. The molecule has 0 aliphatic heterocycles. The van der Waals surface area contributed by atoms with Crippen molar-refractivity contribution in [1.82, 2.24) is 0 Å². The summed E-state index contributed by atoms with van der Waals surface area (Å²) >= 11 is -4.20. The second kappa shape index (κ2) is 9.59. The quantitative estimate of drug-likeness (QED) is 0.269. The molecule has 2 nitrogen and oxygen atoms in total. The van der Waals surface area contributed by atoms with Crippen molar-refractivity contribution in [2.45, 2.75) is 120 Å². The Bertz CT molecular complexity index is 502.